The summed E-state index contributed by atoms with van der Waals surface area (Å²) in [4.78, 5) is 0. The van der Waals surface area contributed by atoms with E-state index in [4.69, 9.17) is 4.74 Å². The number of aryl methyl sites for hydroxylation is 2. The predicted octanol–water partition coefficient (Wildman–Crippen LogP) is 2.87. The number of aromatic nitrogens is 1. The first-order valence-corrected chi connectivity index (χ1v) is 6.75. The summed E-state index contributed by atoms with van der Waals surface area (Å²) in [5.41, 5.74) is 5.30. The molecule has 1 aliphatic rings. The molecule has 3 nitrogen and oxygen atoms in total. The van der Waals surface area contributed by atoms with Crippen molar-refractivity contribution in [1.29, 1.82) is 0 Å². The molecule has 1 aromatic carbocycles. The summed E-state index contributed by atoms with van der Waals surface area (Å²) in [6.07, 6.45) is 5.63. The van der Waals surface area contributed by atoms with E-state index in [-0.39, 0.29) is 0 Å². The standard InChI is InChI=1S/C16H20N2O/c1-11-4-5-14(19-3)16-15(11)13(10-18(16)2)12-6-8-17-9-7-12/h4-6,10,17H,7-9H2,1-3H3. The van der Waals surface area contributed by atoms with Crippen LogP contribution < -0.4 is 10.1 Å². The van der Waals surface area contributed by atoms with Gasteiger partial charge in [-0.2, -0.15) is 0 Å². The van der Waals surface area contributed by atoms with Crippen LogP contribution in [0, 0.1) is 6.92 Å². The molecule has 0 atom stereocenters. The lowest BCUT2D eigenvalue weighted by Gasteiger charge is -2.14. The van der Waals surface area contributed by atoms with Crippen molar-refractivity contribution in [3.63, 3.8) is 0 Å². The Morgan fingerprint density at radius 3 is 2.84 bits per heavy atom. The van der Waals surface area contributed by atoms with Crippen molar-refractivity contribution in [1.82, 2.24) is 9.88 Å². The summed E-state index contributed by atoms with van der Waals surface area (Å²) in [7, 11) is 3.83. The molecule has 3 heteroatoms. The second kappa shape index (κ2) is 4.74. The number of nitrogens with zero attached hydrogens (tertiary/aromatic N) is 1. The van der Waals surface area contributed by atoms with Crippen LogP contribution >= 0.6 is 0 Å². The zero-order chi connectivity index (χ0) is 13.4. The van der Waals surface area contributed by atoms with Gasteiger partial charge in [-0.05, 0) is 37.1 Å². The van der Waals surface area contributed by atoms with E-state index in [1.165, 1.54) is 27.6 Å². The van der Waals surface area contributed by atoms with Crippen LogP contribution in [0.15, 0.2) is 24.4 Å². The van der Waals surface area contributed by atoms with Gasteiger partial charge in [0, 0.05) is 30.7 Å². The quantitative estimate of drug-likeness (QED) is 0.894. The van der Waals surface area contributed by atoms with Gasteiger partial charge in [0.1, 0.15) is 5.75 Å². The Hall–Kier alpha value is -1.74. The first kappa shape index (κ1) is 12.3. The number of methoxy groups -OCH3 is 1. The summed E-state index contributed by atoms with van der Waals surface area (Å²) in [5.74, 6) is 0.948. The average Bonchev–Trinajstić information content (AvgIpc) is 2.80. The largest absolute Gasteiger partial charge is 0.495 e. The fourth-order valence-electron chi connectivity index (χ4n) is 2.96. The highest BCUT2D eigenvalue weighted by molar-refractivity contribution is 5.98. The molecule has 2 aromatic rings. The van der Waals surface area contributed by atoms with Gasteiger partial charge in [-0.1, -0.05) is 12.1 Å². The molecule has 0 spiro atoms. The van der Waals surface area contributed by atoms with E-state index in [2.05, 4.69) is 48.3 Å². The maximum Gasteiger partial charge on any atom is 0.143 e. The highest BCUT2D eigenvalue weighted by atomic mass is 16.5. The number of ether oxygens (including phenoxy) is 1. The van der Waals surface area contributed by atoms with Gasteiger partial charge in [0.25, 0.3) is 0 Å². The second-order valence-corrected chi connectivity index (χ2v) is 5.15. The van der Waals surface area contributed by atoms with Gasteiger partial charge in [-0.25, -0.2) is 0 Å². The summed E-state index contributed by atoms with van der Waals surface area (Å²) < 4.78 is 7.69. The molecule has 1 aliphatic heterocycles. The lowest BCUT2D eigenvalue weighted by Crippen LogP contribution is -2.19. The molecule has 0 saturated carbocycles. The number of hydrogen-bond acceptors (Lipinski definition) is 2. The summed E-state index contributed by atoms with van der Waals surface area (Å²) >= 11 is 0. The molecule has 1 aromatic heterocycles. The number of fused-ring (bicyclic) bond motifs is 1. The third kappa shape index (κ3) is 1.94. The third-order valence-corrected chi connectivity index (χ3v) is 3.92. The van der Waals surface area contributed by atoms with Crippen LogP contribution in [0.2, 0.25) is 0 Å². The molecule has 1 N–H and O–H groups in total. The van der Waals surface area contributed by atoms with Crippen LogP contribution in [0.1, 0.15) is 17.5 Å². The molecule has 0 bridgehead atoms. The summed E-state index contributed by atoms with van der Waals surface area (Å²) in [5, 5.41) is 4.70. The van der Waals surface area contributed by atoms with E-state index in [0.29, 0.717) is 0 Å². The highest BCUT2D eigenvalue weighted by Crippen LogP contribution is 2.36. The molecular weight excluding hydrogens is 236 g/mol. The molecule has 100 valence electrons. The molecule has 0 amide bonds. The minimum absolute atomic E-state index is 0.948. The number of hydrogen-bond donors (Lipinski definition) is 1. The van der Waals surface area contributed by atoms with E-state index in [0.717, 1.165) is 25.3 Å². The van der Waals surface area contributed by atoms with E-state index in [1.54, 1.807) is 7.11 Å². The number of nitrogens with one attached hydrogen (secondary N) is 1. The van der Waals surface area contributed by atoms with Crippen molar-refractivity contribution in [2.45, 2.75) is 13.3 Å². The van der Waals surface area contributed by atoms with Gasteiger partial charge in [-0.3, -0.25) is 0 Å². The van der Waals surface area contributed by atoms with Crippen molar-refractivity contribution in [2.75, 3.05) is 20.2 Å². The van der Waals surface area contributed by atoms with Gasteiger partial charge >= 0.3 is 0 Å². The molecular formula is C16H20N2O. The first-order valence-electron chi connectivity index (χ1n) is 6.75. The second-order valence-electron chi connectivity index (χ2n) is 5.15. The SMILES string of the molecule is COc1ccc(C)c2c(C3=CCNCC3)cn(C)c12. The average molecular weight is 256 g/mol. The lowest BCUT2D eigenvalue weighted by molar-refractivity contribution is 0.418. The van der Waals surface area contributed by atoms with Crippen molar-refractivity contribution >= 4 is 16.5 Å². The Morgan fingerprint density at radius 1 is 1.32 bits per heavy atom. The van der Waals surface area contributed by atoms with Crippen molar-refractivity contribution in [2.24, 2.45) is 7.05 Å². The predicted molar refractivity (Wildman–Crippen MR) is 79.7 cm³/mol. The molecule has 0 fully saturated rings. The van der Waals surface area contributed by atoms with Gasteiger partial charge in [-0.15, -0.1) is 0 Å². The third-order valence-electron chi connectivity index (χ3n) is 3.92. The molecule has 3 rings (SSSR count). The smallest absolute Gasteiger partial charge is 0.143 e. The van der Waals surface area contributed by atoms with Crippen molar-refractivity contribution in [3.05, 3.63) is 35.5 Å². The van der Waals surface area contributed by atoms with Gasteiger partial charge in [0.15, 0.2) is 0 Å². The summed E-state index contributed by atoms with van der Waals surface area (Å²) in [6.45, 7) is 4.20. The van der Waals surface area contributed by atoms with Crippen molar-refractivity contribution < 1.29 is 4.74 Å². The van der Waals surface area contributed by atoms with Crippen LogP contribution in [-0.2, 0) is 7.05 Å². The first-order chi connectivity index (χ1) is 9.22. The van der Waals surface area contributed by atoms with Gasteiger partial charge in [0.2, 0.25) is 0 Å². The molecule has 0 aliphatic carbocycles. The normalized spacial score (nSPS) is 15.6. The monoisotopic (exact) mass is 256 g/mol. The van der Waals surface area contributed by atoms with E-state index < -0.39 is 0 Å². The Morgan fingerprint density at radius 2 is 2.16 bits per heavy atom. The van der Waals surface area contributed by atoms with Gasteiger partial charge in [0.05, 0.1) is 12.6 Å². The Bertz CT molecular complexity index is 652. The van der Waals surface area contributed by atoms with Crippen molar-refractivity contribution in [3.8, 4) is 5.75 Å². The Kier molecular flexibility index (Phi) is 3.07. The fourth-order valence-corrected chi connectivity index (χ4v) is 2.96. The van der Waals surface area contributed by atoms with Crippen LogP contribution in [0.3, 0.4) is 0 Å². The Labute approximate surface area is 113 Å². The zero-order valence-electron chi connectivity index (χ0n) is 11.8. The van der Waals surface area contributed by atoms with Crippen LogP contribution in [0.5, 0.6) is 5.75 Å². The highest BCUT2D eigenvalue weighted by Gasteiger charge is 2.17. The molecule has 0 saturated heterocycles. The lowest BCUT2D eigenvalue weighted by atomic mass is 9.97. The topological polar surface area (TPSA) is 26.2 Å². The minimum Gasteiger partial charge on any atom is -0.495 e. The van der Waals surface area contributed by atoms with Crippen LogP contribution in [0.4, 0.5) is 0 Å². The summed E-state index contributed by atoms with van der Waals surface area (Å²) in [6, 6.07) is 4.20. The molecule has 19 heavy (non-hydrogen) atoms. The number of benzene rings is 1. The maximum atomic E-state index is 5.51. The maximum absolute atomic E-state index is 5.51. The van der Waals surface area contributed by atoms with E-state index in [1.807, 2.05) is 0 Å². The fraction of sp³-hybridized carbons (Fsp3) is 0.375. The molecule has 0 unspecified atom stereocenters. The Balaban J connectivity index is 2.29. The minimum atomic E-state index is 0.948. The van der Waals surface area contributed by atoms with Crippen LogP contribution in [0.25, 0.3) is 16.5 Å². The number of rotatable bonds is 2. The molecule has 2 heterocycles. The van der Waals surface area contributed by atoms with E-state index in [9.17, 15) is 0 Å². The molecule has 0 radical (unpaired) electrons. The zero-order valence-corrected chi connectivity index (χ0v) is 11.8. The van der Waals surface area contributed by atoms with E-state index >= 15 is 0 Å². The van der Waals surface area contributed by atoms with Gasteiger partial charge < -0.3 is 14.6 Å². The van der Waals surface area contributed by atoms with Crippen LogP contribution in [-0.4, -0.2) is 24.8 Å².